The molecular formula is C9H12ClNO4S2. The van der Waals surface area contributed by atoms with E-state index in [9.17, 15) is 16.8 Å². The van der Waals surface area contributed by atoms with E-state index in [4.69, 9.17) is 10.7 Å². The molecule has 1 N–H and O–H groups in total. The van der Waals surface area contributed by atoms with E-state index in [1.54, 1.807) is 0 Å². The van der Waals surface area contributed by atoms with Crippen molar-refractivity contribution in [1.29, 1.82) is 0 Å². The smallest absolute Gasteiger partial charge is 0.211 e. The van der Waals surface area contributed by atoms with Crippen molar-refractivity contribution in [2.75, 3.05) is 6.54 Å². The molecule has 5 nitrogen and oxygen atoms in total. The molecule has 1 aromatic carbocycles. The molecule has 1 aromatic rings. The van der Waals surface area contributed by atoms with Crippen LogP contribution in [0.4, 0.5) is 0 Å². The van der Waals surface area contributed by atoms with Gasteiger partial charge >= 0.3 is 0 Å². The van der Waals surface area contributed by atoms with Crippen molar-refractivity contribution in [2.24, 2.45) is 0 Å². The van der Waals surface area contributed by atoms with Gasteiger partial charge in [0.15, 0.2) is 0 Å². The average Bonchev–Trinajstić information content (AvgIpc) is 2.25. The highest BCUT2D eigenvalue weighted by Gasteiger charge is 2.17. The van der Waals surface area contributed by atoms with Crippen LogP contribution in [0.15, 0.2) is 34.1 Å². The van der Waals surface area contributed by atoms with Gasteiger partial charge in [-0.05, 0) is 24.6 Å². The lowest BCUT2D eigenvalue weighted by atomic mass is 10.4. The third-order valence-corrected chi connectivity index (χ3v) is 4.75. The Hall–Kier alpha value is -0.630. The number of hydrogen-bond donors (Lipinski definition) is 1. The van der Waals surface area contributed by atoms with Gasteiger partial charge in [-0.15, -0.1) is 0 Å². The topological polar surface area (TPSA) is 80.3 Å². The minimum atomic E-state index is -3.93. The summed E-state index contributed by atoms with van der Waals surface area (Å²) in [5.41, 5.74) is 0. The molecule has 0 radical (unpaired) electrons. The third-order valence-electron chi connectivity index (χ3n) is 1.94. The molecule has 0 spiro atoms. The second kappa shape index (κ2) is 5.34. The van der Waals surface area contributed by atoms with E-state index >= 15 is 0 Å². The van der Waals surface area contributed by atoms with Crippen molar-refractivity contribution < 1.29 is 16.8 Å². The Kier molecular flexibility index (Phi) is 4.54. The van der Waals surface area contributed by atoms with Crippen molar-refractivity contribution >= 4 is 29.8 Å². The molecule has 17 heavy (non-hydrogen) atoms. The molecule has 0 fully saturated rings. The first-order valence-corrected chi connectivity index (χ1v) is 8.61. The summed E-state index contributed by atoms with van der Waals surface area (Å²) < 4.78 is 47.9. The predicted octanol–water partition coefficient (Wildman–Crippen LogP) is 1.30. The van der Waals surface area contributed by atoms with Crippen LogP contribution in [0, 0.1) is 0 Å². The summed E-state index contributed by atoms with van der Waals surface area (Å²) >= 11 is 0. The van der Waals surface area contributed by atoms with Crippen molar-refractivity contribution in [3.63, 3.8) is 0 Å². The number of rotatable bonds is 5. The zero-order valence-corrected chi connectivity index (χ0v) is 11.4. The Bertz CT molecular complexity index is 595. The summed E-state index contributed by atoms with van der Waals surface area (Å²) in [6, 6.07) is 4.90. The first-order chi connectivity index (χ1) is 7.77. The third kappa shape index (κ3) is 3.95. The highest BCUT2D eigenvalue weighted by Crippen LogP contribution is 2.18. The highest BCUT2D eigenvalue weighted by atomic mass is 35.7. The number of hydrogen-bond acceptors (Lipinski definition) is 4. The molecule has 0 aliphatic carbocycles. The van der Waals surface area contributed by atoms with E-state index in [1.165, 1.54) is 18.2 Å². The molecule has 0 bridgehead atoms. The maximum absolute atomic E-state index is 11.7. The first kappa shape index (κ1) is 14.4. The Morgan fingerprint density at radius 1 is 1.18 bits per heavy atom. The quantitative estimate of drug-likeness (QED) is 0.831. The van der Waals surface area contributed by atoms with Gasteiger partial charge in [0.25, 0.3) is 9.05 Å². The summed E-state index contributed by atoms with van der Waals surface area (Å²) in [6.07, 6.45) is 0.646. The van der Waals surface area contributed by atoms with Crippen LogP contribution in [0.1, 0.15) is 13.3 Å². The lowest BCUT2D eigenvalue weighted by Gasteiger charge is -2.06. The standard InChI is InChI=1S/C9H12ClNO4S2/c1-2-6-11-17(14,15)9-5-3-4-8(7-9)16(10,12)13/h3-5,7,11H,2,6H2,1H3. The van der Waals surface area contributed by atoms with Crippen LogP contribution in [0.2, 0.25) is 0 Å². The van der Waals surface area contributed by atoms with E-state index in [2.05, 4.69) is 4.72 Å². The molecule has 0 heterocycles. The van der Waals surface area contributed by atoms with Gasteiger partial charge in [0.05, 0.1) is 9.79 Å². The second-order valence-corrected chi connectivity index (χ2v) is 7.64. The molecule has 0 saturated carbocycles. The highest BCUT2D eigenvalue weighted by molar-refractivity contribution is 8.13. The monoisotopic (exact) mass is 297 g/mol. The van der Waals surface area contributed by atoms with Crippen molar-refractivity contribution in [2.45, 2.75) is 23.1 Å². The summed E-state index contributed by atoms with van der Waals surface area (Å²) in [6.45, 7) is 2.11. The average molecular weight is 298 g/mol. The Morgan fingerprint density at radius 3 is 2.29 bits per heavy atom. The van der Waals surface area contributed by atoms with Crippen molar-refractivity contribution in [3.05, 3.63) is 24.3 Å². The Balaban J connectivity index is 3.17. The SMILES string of the molecule is CCCNS(=O)(=O)c1cccc(S(=O)(=O)Cl)c1. The maximum atomic E-state index is 11.7. The van der Waals surface area contributed by atoms with E-state index in [0.717, 1.165) is 6.07 Å². The van der Waals surface area contributed by atoms with Crippen LogP contribution < -0.4 is 4.72 Å². The van der Waals surface area contributed by atoms with Crippen LogP contribution in [-0.2, 0) is 19.1 Å². The van der Waals surface area contributed by atoms with Gasteiger partial charge in [-0.3, -0.25) is 0 Å². The molecule has 8 heteroatoms. The normalized spacial score (nSPS) is 12.6. The molecule has 0 atom stereocenters. The number of benzene rings is 1. The zero-order chi connectivity index (χ0) is 13.1. The predicted molar refractivity (Wildman–Crippen MR) is 65.0 cm³/mol. The van der Waals surface area contributed by atoms with Gasteiger partial charge in [-0.25, -0.2) is 21.6 Å². The lowest BCUT2D eigenvalue weighted by molar-refractivity contribution is 0.580. The molecule has 0 unspecified atom stereocenters. The molecule has 0 saturated heterocycles. The van der Waals surface area contributed by atoms with Gasteiger partial charge in [0.1, 0.15) is 0 Å². The minimum absolute atomic E-state index is 0.118. The molecule has 96 valence electrons. The maximum Gasteiger partial charge on any atom is 0.261 e. The second-order valence-electron chi connectivity index (χ2n) is 3.31. The molecular weight excluding hydrogens is 286 g/mol. The van der Waals surface area contributed by atoms with Gasteiger partial charge < -0.3 is 0 Å². The first-order valence-electron chi connectivity index (χ1n) is 4.82. The lowest BCUT2D eigenvalue weighted by Crippen LogP contribution is -2.24. The zero-order valence-electron chi connectivity index (χ0n) is 9.05. The van der Waals surface area contributed by atoms with Gasteiger partial charge in [-0.1, -0.05) is 13.0 Å². The number of halogens is 1. The Labute approximate surface area is 105 Å². The van der Waals surface area contributed by atoms with Gasteiger partial charge in [0, 0.05) is 17.2 Å². The number of sulfonamides is 1. The summed E-state index contributed by atoms with van der Waals surface area (Å²) in [7, 11) is -2.46. The van der Waals surface area contributed by atoms with Crippen LogP contribution in [0.5, 0.6) is 0 Å². The van der Waals surface area contributed by atoms with Gasteiger partial charge in [-0.2, -0.15) is 0 Å². The molecule has 1 rings (SSSR count). The van der Waals surface area contributed by atoms with Crippen molar-refractivity contribution in [3.8, 4) is 0 Å². The molecule has 0 aliphatic rings. The minimum Gasteiger partial charge on any atom is -0.211 e. The van der Waals surface area contributed by atoms with Crippen LogP contribution in [0.3, 0.4) is 0 Å². The molecule has 0 amide bonds. The fourth-order valence-corrected chi connectivity index (χ4v) is 3.16. The van der Waals surface area contributed by atoms with E-state index < -0.39 is 19.1 Å². The van der Waals surface area contributed by atoms with Crippen LogP contribution in [-0.4, -0.2) is 23.4 Å². The Morgan fingerprint density at radius 2 is 1.76 bits per heavy atom. The fourth-order valence-electron chi connectivity index (χ4n) is 1.11. The van der Waals surface area contributed by atoms with Crippen LogP contribution in [0.25, 0.3) is 0 Å². The van der Waals surface area contributed by atoms with Crippen molar-refractivity contribution in [1.82, 2.24) is 4.72 Å². The summed E-state index contributed by atoms with van der Waals surface area (Å²) in [5.74, 6) is 0. The van der Waals surface area contributed by atoms with E-state index in [-0.39, 0.29) is 9.79 Å². The van der Waals surface area contributed by atoms with E-state index in [1.807, 2.05) is 6.92 Å². The summed E-state index contributed by atoms with van der Waals surface area (Å²) in [5, 5.41) is 0. The number of nitrogens with one attached hydrogen (secondary N) is 1. The molecule has 0 aliphatic heterocycles. The summed E-state index contributed by atoms with van der Waals surface area (Å²) in [4.78, 5) is -0.355. The molecule has 0 aromatic heterocycles. The van der Waals surface area contributed by atoms with Crippen LogP contribution >= 0.6 is 10.7 Å². The fraction of sp³-hybridized carbons (Fsp3) is 0.333. The van der Waals surface area contributed by atoms with E-state index in [0.29, 0.717) is 13.0 Å². The largest absolute Gasteiger partial charge is 0.261 e. The van der Waals surface area contributed by atoms with Gasteiger partial charge in [0.2, 0.25) is 10.0 Å².